The minimum absolute atomic E-state index is 0.0956. The fraction of sp³-hybridized carbons (Fsp3) is 0.882. The van der Waals surface area contributed by atoms with E-state index >= 15 is 0 Å². The van der Waals surface area contributed by atoms with E-state index in [0.29, 0.717) is 25.0 Å². The molecule has 0 radical (unpaired) electrons. The molecule has 3 fully saturated rings. The van der Waals surface area contributed by atoms with Gasteiger partial charge in [-0.05, 0) is 31.6 Å². The van der Waals surface area contributed by atoms with E-state index in [-0.39, 0.29) is 17.7 Å². The normalized spacial score (nSPS) is 27.9. The summed E-state index contributed by atoms with van der Waals surface area (Å²) in [5, 5.41) is 0. The Morgan fingerprint density at radius 1 is 1.18 bits per heavy atom. The molecule has 5 heteroatoms. The van der Waals surface area contributed by atoms with Crippen LogP contribution in [-0.4, -0.2) is 61.0 Å². The van der Waals surface area contributed by atoms with Gasteiger partial charge in [-0.2, -0.15) is 0 Å². The summed E-state index contributed by atoms with van der Waals surface area (Å²) >= 11 is 0. The Morgan fingerprint density at radius 2 is 1.86 bits per heavy atom. The number of ether oxygens (including phenoxy) is 1. The fourth-order valence-electron chi connectivity index (χ4n) is 3.93. The number of amides is 2. The Labute approximate surface area is 133 Å². The van der Waals surface area contributed by atoms with E-state index in [2.05, 4.69) is 0 Å². The quantitative estimate of drug-likeness (QED) is 0.794. The molecule has 2 amide bonds. The highest BCUT2D eigenvalue weighted by Crippen LogP contribution is 2.26. The van der Waals surface area contributed by atoms with Crippen molar-refractivity contribution in [1.82, 2.24) is 9.80 Å². The third-order valence-electron chi connectivity index (χ3n) is 5.49. The molecule has 3 rings (SSSR count). The molecule has 2 saturated heterocycles. The monoisotopic (exact) mass is 308 g/mol. The molecule has 0 unspecified atom stereocenters. The lowest BCUT2D eigenvalue weighted by molar-refractivity contribution is -0.137. The maximum Gasteiger partial charge on any atom is 0.227 e. The van der Waals surface area contributed by atoms with Crippen LogP contribution >= 0.6 is 0 Å². The van der Waals surface area contributed by atoms with Crippen LogP contribution in [0.3, 0.4) is 0 Å². The highest BCUT2D eigenvalue weighted by molar-refractivity contribution is 5.89. The summed E-state index contributed by atoms with van der Waals surface area (Å²) in [4.78, 5) is 27.7. The first-order valence-electron chi connectivity index (χ1n) is 8.78. The molecule has 0 N–H and O–H groups in total. The molecular weight excluding hydrogens is 280 g/mol. The zero-order valence-electron chi connectivity index (χ0n) is 13.6. The molecule has 1 saturated carbocycles. The number of carbonyl (C=O) groups excluding carboxylic acids is 2. The molecule has 0 aromatic carbocycles. The summed E-state index contributed by atoms with van der Waals surface area (Å²) in [6.45, 7) is 3.09. The highest BCUT2D eigenvalue weighted by Gasteiger charge is 2.35. The first kappa shape index (κ1) is 15.8. The van der Waals surface area contributed by atoms with Gasteiger partial charge in [0.2, 0.25) is 11.8 Å². The number of likely N-dealkylation sites (tertiary alicyclic amines) is 2. The van der Waals surface area contributed by atoms with E-state index in [0.717, 1.165) is 32.5 Å². The Kier molecular flexibility index (Phi) is 5.01. The smallest absolute Gasteiger partial charge is 0.227 e. The van der Waals surface area contributed by atoms with Crippen molar-refractivity contribution in [3.63, 3.8) is 0 Å². The van der Waals surface area contributed by atoms with Gasteiger partial charge in [0.1, 0.15) is 0 Å². The maximum atomic E-state index is 12.5. The van der Waals surface area contributed by atoms with Gasteiger partial charge in [0.15, 0.2) is 0 Å². The van der Waals surface area contributed by atoms with Crippen LogP contribution in [0.25, 0.3) is 0 Å². The molecule has 0 bridgehead atoms. The Morgan fingerprint density at radius 3 is 2.45 bits per heavy atom. The van der Waals surface area contributed by atoms with E-state index in [9.17, 15) is 9.59 Å². The van der Waals surface area contributed by atoms with Crippen LogP contribution in [0.5, 0.6) is 0 Å². The standard InChI is InChI=1S/C17H28N2O3/c1-18-11-14(10-16(18)20)17(21)19-8-6-13(7-9-19)12-22-15-4-2-3-5-15/h13-15H,2-12H2,1H3/t14-/m0/s1. The molecule has 5 nitrogen and oxygen atoms in total. The van der Waals surface area contributed by atoms with Crippen molar-refractivity contribution in [2.24, 2.45) is 11.8 Å². The predicted octanol–water partition coefficient (Wildman–Crippen LogP) is 1.66. The van der Waals surface area contributed by atoms with Gasteiger partial charge < -0.3 is 14.5 Å². The minimum Gasteiger partial charge on any atom is -0.378 e. The van der Waals surface area contributed by atoms with Crippen LogP contribution in [0.4, 0.5) is 0 Å². The van der Waals surface area contributed by atoms with Crippen LogP contribution < -0.4 is 0 Å². The third-order valence-corrected chi connectivity index (χ3v) is 5.49. The van der Waals surface area contributed by atoms with Gasteiger partial charge in [0.25, 0.3) is 0 Å². The van der Waals surface area contributed by atoms with Crippen LogP contribution in [0.15, 0.2) is 0 Å². The molecule has 0 aromatic heterocycles. The molecule has 1 aliphatic carbocycles. The lowest BCUT2D eigenvalue weighted by atomic mass is 9.96. The van der Waals surface area contributed by atoms with Crippen molar-refractivity contribution < 1.29 is 14.3 Å². The minimum atomic E-state index is -0.121. The Hall–Kier alpha value is -1.10. The Bertz CT molecular complexity index is 412. The lowest BCUT2D eigenvalue weighted by Gasteiger charge is -2.33. The average Bonchev–Trinajstić information content (AvgIpc) is 3.16. The topological polar surface area (TPSA) is 49.9 Å². The van der Waals surface area contributed by atoms with Crippen molar-refractivity contribution in [2.75, 3.05) is 33.3 Å². The van der Waals surface area contributed by atoms with Crippen molar-refractivity contribution >= 4 is 11.8 Å². The second-order valence-corrected chi connectivity index (χ2v) is 7.18. The second-order valence-electron chi connectivity index (χ2n) is 7.18. The van der Waals surface area contributed by atoms with E-state index in [4.69, 9.17) is 4.74 Å². The van der Waals surface area contributed by atoms with Crippen molar-refractivity contribution in [1.29, 1.82) is 0 Å². The highest BCUT2D eigenvalue weighted by atomic mass is 16.5. The first-order valence-corrected chi connectivity index (χ1v) is 8.78. The van der Waals surface area contributed by atoms with Gasteiger partial charge in [0.05, 0.1) is 12.0 Å². The van der Waals surface area contributed by atoms with E-state index in [1.54, 1.807) is 11.9 Å². The molecule has 0 spiro atoms. The van der Waals surface area contributed by atoms with Gasteiger partial charge in [-0.15, -0.1) is 0 Å². The van der Waals surface area contributed by atoms with Gasteiger partial charge in [-0.3, -0.25) is 9.59 Å². The van der Waals surface area contributed by atoms with E-state index < -0.39 is 0 Å². The fourth-order valence-corrected chi connectivity index (χ4v) is 3.93. The molecular formula is C17H28N2O3. The summed E-state index contributed by atoms with van der Waals surface area (Å²) in [6, 6.07) is 0. The van der Waals surface area contributed by atoms with E-state index in [1.165, 1.54) is 25.7 Å². The maximum absolute atomic E-state index is 12.5. The summed E-state index contributed by atoms with van der Waals surface area (Å²) in [5.74, 6) is 0.743. The van der Waals surface area contributed by atoms with Gasteiger partial charge >= 0.3 is 0 Å². The third kappa shape index (κ3) is 3.62. The molecule has 3 aliphatic rings. The molecule has 0 aromatic rings. The van der Waals surface area contributed by atoms with Crippen LogP contribution in [-0.2, 0) is 14.3 Å². The summed E-state index contributed by atoms with van der Waals surface area (Å²) in [7, 11) is 1.78. The number of hydrogen-bond acceptors (Lipinski definition) is 3. The first-order chi connectivity index (χ1) is 10.6. The SMILES string of the molecule is CN1C[C@@H](C(=O)N2CCC(COC3CCCC3)CC2)CC1=O. The summed E-state index contributed by atoms with van der Waals surface area (Å²) in [5.41, 5.74) is 0. The van der Waals surface area contributed by atoms with Crippen molar-refractivity contribution in [2.45, 2.75) is 51.0 Å². The molecule has 2 aliphatic heterocycles. The van der Waals surface area contributed by atoms with E-state index in [1.807, 2.05) is 4.90 Å². The lowest BCUT2D eigenvalue weighted by Crippen LogP contribution is -2.43. The van der Waals surface area contributed by atoms with Gasteiger partial charge in [0, 0.05) is 39.7 Å². The zero-order chi connectivity index (χ0) is 15.5. The van der Waals surface area contributed by atoms with Crippen molar-refractivity contribution in [3.8, 4) is 0 Å². The predicted molar refractivity (Wildman–Crippen MR) is 83.3 cm³/mol. The van der Waals surface area contributed by atoms with Gasteiger partial charge in [-0.25, -0.2) is 0 Å². The Balaban J connectivity index is 1.39. The average molecular weight is 308 g/mol. The largest absolute Gasteiger partial charge is 0.378 e. The van der Waals surface area contributed by atoms with Crippen LogP contribution in [0.2, 0.25) is 0 Å². The molecule has 124 valence electrons. The number of piperidine rings is 1. The van der Waals surface area contributed by atoms with Gasteiger partial charge in [-0.1, -0.05) is 12.8 Å². The summed E-state index contributed by atoms with van der Waals surface area (Å²) < 4.78 is 6.01. The van der Waals surface area contributed by atoms with Crippen molar-refractivity contribution in [3.05, 3.63) is 0 Å². The number of nitrogens with zero attached hydrogens (tertiary/aromatic N) is 2. The second kappa shape index (κ2) is 6.99. The summed E-state index contributed by atoms with van der Waals surface area (Å²) in [6.07, 6.45) is 8.02. The molecule has 22 heavy (non-hydrogen) atoms. The number of rotatable bonds is 4. The van der Waals surface area contributed by atoms with Crippen LogP contribution in [0.1, 0.15) is 44.9 Å². The van der Waals surface area contributed by atoms with Crippen LogP contribution in [0, 0.1) is 11.8 Å². The number of hydrogen-bond donors (Lipinski definition) is 0. The molecule has 1 atom stereocenters. The number of carbonyl (C=O) groups is 2. The zero-order valence-corrected chi connectivity index (χ0v) is 13.6. The molecule has 2 heterocycles.